The van der Waals surface area contributed by atoms with Crippen molar-refractivity contribution in [3.63, 3.8) is 0 Å². The first-order chi connectivity index (χ1) is 11.0. The van der Waals surface area contributed by atoms with Gasteiger partial charge in [0.15, 0.2) is 0 Å². The molecule has 0 bridgehead atoms. The van der Waals surface area contributed by atoms with E-state index in [0.717, 1.165) is 16.5 Å². The number of hydrogen-bond donors (Lipinski definition) is 0. The molecule has 0 aliphatic rings. The summed E-state index contributed by atoms with van der Waals surface area (Å²) in [6.07, 6.45) is 0. The van der Waals surface area contributed by atoms with Gasteiger partial charge in [-0.3, -0.25) is 14.3 Å². The number of nitrogens with zero attached hydrogens (tertiary/aromatic N) is 3. The molecule has 1 amide bonds. The maximum atomic E-state index is 12.5. The van der Waals surface area contributed by atoms with Crippen molar-refractivity contribution in [2.45, 2.75) is 6.54 Å². The number of benzene rings is 2. The molecule has 0 fully saturated rings. The third-order valence-corrected chi connectivity index (χ3v) is 4.02. The van der Waals surface area contributed by atoms with E-state index in [1.54, 1.807) is 35.8 Å². The Morgan fingerprint density at radius 2 is 1.70 bits per heavy atom. The standard InChI is InChI=1S/C18H19N3O2/c1-19(2)17(22)14-10-8-13(9-11-14)12-21-18(23)15-6-4-5-7-16(15)20(21)3/h4-11H,12H2,1-3H3. The average Bonchev–Trinajstić information content (AvgIpc) is 2.80. The van der Waals surface area contributed by atoms with Crippen LogP contribution in [0.3, 0.4) is 0 Å². The summed E-state index contributed by atoms with van der Waals surface area (Å²) in [5, 5.41) is 0.717. The first-order valence-corrected chi connectivity index (χ1v) is 7.44. The Bertz CT molecular complexity index is 918. The van der Waals surface area contributed by atoms with Crippen LogP contribution < -0.4 is 5.56 Å². The number of carbonyl (C=O) groups is 1. The molecular formula is C18H19N3O2. The number of amides is 1. The molecule has 3 rings (SSSR count). The van der Waals surface area contributed by atoms with Gasteiger partial charge in [-0.05, 0) is 29.8 Å². The van der Waals surface area contributed by atoms with Gasteiger partial charge >= 0.3 is 0 Å². The van der Waals surface area contributed by atoms with E-state index in [-0.39, 0.29) is 11.5 Å². The number of aromatic nitrogens is 2. The Labute approximate surface area is 134 Å². The van der Waals surface area contributed by atoms with E-state index in [4.69, 9.17) is 0 Å². The number of fused-ring (bicyclic) bond motifs is 1. The van der Waals surface area contributed by atoms with Gasteiger partial charge in [0, 0.05) is 26.7 Å². The fourth-order valence-corrected chi connectivity index (χ4v) is 2.70. The minimum atomic E-state index is -0.0293. The monoisotopic (exact) mass is 309 g/mol. The summed E-state index contributed by atoms with van der Waals surface area (Å²) in [5.41, 5.74) is 2.53. The third kappa shape index (κ3) is 2.65. The molecule has 118 valence electrons. The van der Waals surface area contributed by atoms with Crippen molar-refractivity contribution in [2.24, 2.45) is 7.05 Å². The molecule has 1 aromatic heterocycles. The minimum Gasteiger partial charge on any atom is -0.345 e. The quantitative estimate of drug-likeness (QED) is 0.744. The highest BCUT2D eigenvalue weighted by atomic mass is 16.2. The number of hydrogen-bond acceptors (Lipinski definition) is 2. The number of carbonyl (C=O) groups excluding carboxylic acids is 1. The zero-order chi connectivity index (χ0) is 16.6. The SMILES string of the molecule is CN(C)C(=O)c1ccc(Cn2c(=O)c3ccccc3n2C)cc1. The normalized spacial score (nSPS) is 10.9. The molecule has 0 radical (unpaired) electrons. The van der Waals surface area contributed by atoms with E-state index in [2.05, 4.69) is 0 Å². The maximum absolute atomic E-state index is 12.5. The highest BCUT2D eigenvalue weighted by Gasteiger charge is 2.11. The zero-order valence-electron chi connectivity index (χ0n) is 13.5. The summed E-state index contributed by atoms with van der Waals surface area (Å²) in [6.45, 7) is 0.473. The lowest BCUT2D eigenvalue weighted by Gasteiger charge is -2.11. The summed E-state index contributed by atoms with van der Waals surface area (Å²) in [7, 11) is 5.34. The highest BCUT2D eigenvalue weighted by molar-refractivity contribution is 5.93. The second-order valence-corrected chi connectivity index (χ2v) is 5.80. The third-order valence-electron chi connectivity index (χ3n) is 4.02. The van der Waals surface area contributed by atoms with E-state index in [1.807, 2.05) is 48.1 Å². The van der Waals surface area contributed by atoms with Crippen LogP contribution in [-0.4, -0.2) is 34.3 Å². The molecule has 1 heterocycles. The van der Waals surface area contributed by atoms with Crippen LogP contribution in [0.5, 0.6) is 0 Å². The smallest absolute Gasteiger partial charge is 0.274 e. The van der Waals surface area contributed by atoms with Crippen molar-refractivity contribution >= 4 is 16.8 Å². The van der Waals surface area contributed by atoms with E-state index in [9.17, 15) is 9.59 Å². The number of aryl methyl sites for hydroxylation is 1. The van der Waals surface area contributed by atoms with Crippen molar-refractivity contribution in [1.29, 1.82) is 0 Å². The van der Waals surface area contributed by atoms with E-state index in [1.165, 1.54) is 0 Å². The van der Waals surface area contributed by atoms with Gasteiger partial charge in [0.05, 0.1) is 17.4 Å². The Morgan fingerprint density at radius 3 is 2.30 bits per heavy atom. The average molecular weight is 309 g/mol. The van der Waals surface area contributed by atoms with Crippen LogP contribution in [-0.2, 0) is 13.6 Å². The maximum Gasteiger partial charge on any atom is 0.274 e. The van der Waals surface area contributed by atoms with Crippen LogP contribution in [0.15, 0.2) is 53.3 Å². The molecule has 0 unspecified atom stereocenters. The van der Waals surface area contributed by atoms with Gasteiger partial charge in [-0.25, -0.2) is 4.68 Å². The molecule has 23 heavy (non-hydrogen) atoms. The molecular weight excluding hydrogens is 290 g/mol. The molecule has 5 nitrogen and oxygen atoms in total. The van der Waals surface area contributed by atoms with Crippen molar-refractivity contribution < 1.29 is 4.79 Å². The Kier molecular flexibility index (Phi) is 3.78. The molecule has 3 aromatic rings. The van der Waals surface area contributed by atoms with Crippen molar-refractivity contribution in [3.8, 4) is 0 Å². The summed E-state index contributed by atoms with van der Waals surface area (Å²) in [6, 6.07) is 14.9. The van der Waals surface area contributed by atoms with Gasteiger partial charge in [0.25, 0.3) is 11.5 Å². The summed E-state index contributed by atoms with van der Waals surface area (Å²) < 4.78 is 3.57. The van der Waals surface area contributed by atoms with Gasteiger partial charge in [-0.2, -0.15) is 0 Å². The van der Waals surface area contributed by atoms with Gasteiger partial charge < -0.3 is 4.90 Å². The minimum absolute atomic E-state index is 0.00320. The van der Waals surface area contributed by atoms with Crippen LogP contribution in [0.2, 0.25) is 0 Å². The first kappa shape index (κ1) is 15.1. The second kappa shape index (κ2) is 5.76. The van der Waals surface area contributed by atoms with Crippen LogP contribution in [0.4, 0.5) is 0 Å². The topological polar surface area (TPSA) is 47.2 Å². The molecule has 0 saturated heterocycles. The second-order valence-electron chi connectivity index (χ2n) is 5.80. The Hall–Kier alpha value is -2.82. The molecule has 0 saturated carbocycles. The molecule has 2 aromatic carbocycles. The van der Waals surface area contributed by atoms with E-state index in [0.29, 0.717) is 12.1 Å². The molecule has 0 spiro atoms. The first-order valence-electron chi connectivity index (χ1n) is 7.44. The lowest BCUT2D eigenvalue weighted by Crippen LogP contribution is -2.23. The summed E-state index contributed by atoms with van der Waals surface area (Å²) in [4.78, 5) is 26.0. The van der Waals surface area contributed by atoms with Crippen LogP contribution in [0.1, 0.15) is 15.9 Å². The van der Waals surface area contributed by atoms with Crippen LogP contribution in [0.25, 0.3) is 10.9 Å². The highest BCUT2D eigenvalue weighted by Crippen LogP contribution is 2.12. The fraction of sp³-hybridized carbons (Fsp3) is 0.222. The predicted molar refractivity (Wildman–Crippen MR) is 90.7 cm³/mol. The van der Waals surface area contributed by atoms with Crippen molar-refractivity contribution in [3.05, 3.63) is 70.0 Å². The zero-order valence-corrected chi connectivity index (χ0v) is 13.5. The molecule has 0 aliphatic carbocycles. The van der Waals surface area contributed by atoms with E-state index >= 15 is 0 Å². The molecule has 0 atom stereocenters. The number of para-hydroxylation sites is 1. The largest absolute Gasteiger partial charge is 0.345 e. The number of rotatable bonds is 3. The lowest BCUT2D eigenvalue weighted by molar-refractivity contribution is 0.0827. The molecule has 0 N–H and O–H groups in total. The van der Waals surface area contributed by atoms with Gasteiger partial charge in [0.1, 0.15) is 0 Å². The summed E-state index contributed by atoms with van der Waals surface area (Å²) >= 11 is 0. The van der Waals surface area contributed by atoms with E-state index < -0.39 is 0 Å². The lowest BCUT2D eigenvalue weighted by atomic mass is 10.1. The van der Waals surface area contributed by atoms with Gasteiger partial charge in [0.2, 0.25) is 0 Å². The fourth-order valence-electron chi connectivity index (χ4n) is 2.70. The molecule has 0 aliphatic heterocycles. The van der Waals surface area contributed by atoms with Gasteiger partial charge in [-0.15, -0.1) is 0 Å². The Morgan fingerprint density at radius 1 is 1.04 bits per heavy atom. The van der Waals surface area contributed by atoms with Crippen LogP contribution >= 0.6 is 0 Å². The molecule has 5 heteroatoms. The van der Waals surface area contributed by atoms with Crippen LogP contribution in [0, 0.1) is 0 Å². The van der Waals surface area contributed by atoms with Gasteiger partial charge in [-0.1, -0.05) is 24.3 Å². The van der Waals surface area contributed by atoms with Crippen molar-refractivity contribution in [1.82, 2.24) is 14.3 Å². The summed E-state index contributed by atoms with van der Waals surface area (Å²) in [5.74, 6) is -0.0293. The Balaban J connectivity index is 1.94. The predicted octanol–water partition coefficient (Wildman–Crippen LogP) is 2.09. The van der Waals surface area contributed by atoms with Crippen molar-refractivity contribution in [2.75, 3.05) is 14.1 Å².